The van der Waals surface area contributed by atoms with E-state index in [1.807, 2.05) is 0 Å². The average molecular weight is 337 g/mol. The highest BCUT2D eigenvalue weighted by molar-refractivity contribution is 5.99. The van der Waals surface area contributed by atoms with E-state index in [0.29, 0.717) is 32.6 Å². The first-order chi connectivity index (χ1) is 11.5. The number of nitrogens with zero attached hydrogens (tertiary/aromatic N) is 2. The monoisotopic (exact) mass is 337 g/mol. The van der Waals surface area contributed by atoms with Crippen molar-refractivity contribution in [2.75, 3.05) is 31.5 Å². The van der Waals surface area contributed by atoms with Gasteiger partial charge < -0.3 is 15.1 Å². The molecule has 0 bridgehead atoms. The van der Waals surface area contributed by atoms with E-state index in [2.05, 4.69) is 5.32 Å². The fraction of sp³-hybridized carbons (Fsp3) is 0.438. The van der Waals surface area contributed by atoms with Crippen molar-refractivity contribution in [3.8, 4) is 0 Å². The van der Waals surface area contributed by atoms with Gasteiger partial charge in [0.15, 0.2) is 0 Å². The first-order valence-electron chi connectivity index (χ1n) is 7.74. The third-order valence-electron chi connectivity index (χ3n) is 4.43. The smallest absolute Gasteiger partial charge is 0.228 e. The molecule has 0 spiro atoms. The van der Waals surface area contributed by atoms with Gasteiger partial charge in [-0.15, -0.1) is 0 Å². The molecule has 1 aromatic carbocycles. The number of piperazine rings is 1. The molecular weight excluding hydrogens is 320 g/mol. The molecule has 1 saturated carbocycles. The summed E-state index contributed by atoms with van der Waals surface area (Å²) in [5.41, 5.74) is -0.486. The van der Waals surface area contributed by atoms with Crippen molar-refractivity contribution in [2.24, 2.45) is 11.8 Å². The highest BCUT2D eigenvalue weighted by atomic mass is 19.1. The van der Waals surface area contributed by atoms with Crippen LogP contribution < -0.4 is 5.32 Å². The van der Waals surface area contributed by atoms with Gasteiger partial charge in [-0.2, -0.15) is 0 Å². The maximum atomic E-state index is 13.5. The van der Waals surface area contributed by atoms with Gasteiger partial charge in [0.25, 0.3) is 0 Å². The lowest BCUT2D eigenvalue weighted by molar-refractivity contribution is -0.137. The minimum absolute atomic E-state index is 0.144. The molecule has 3 amide bonds. The van der Waals surface area contributed by atoms with Gasteiger partial charge in [-0.05, 0) is 18.6 Å². The second-order valence-electron chi connectivity index (χ2n) is 6.00. The Labute approximate surface area is 137 Å². The van der Waals surface area contributed by atoms with Gasteiger partial charge in [-0.3, -0.25) is 14.4 Å². The third kappa shape index (κ3) is 3.22. The van der Waals surface area contributed by atoms with E-state index in [4.69, 9.17) is 0 Å². The van der Waals surface area contributed by atoms with Gasteiger partial charge in [-0.25, -0.2) is 8.78 Å². The maximum absolute atomic E-state index is 13.5. The Kier molecular flexibility index (Phi) is 4.46. The van der Waals surface area contributed by atoms with E-state index in [-0.39, 0.29) is 5.91 Å². The lowest BCUT2D eigenvalue weighted by Crippen LogP contribution is -2.48. The Morgan fingerprint density at radius 3 is 2.29 bits per heavy atom. The first-order valence-corrected chi connectivity index (χ1v) is 7.74. The molecule has 0 aromatic heterocycles. The van der Waals surface area contributed by atoms with Crippen LogP contribution in [0.2, 0.25) is 0 Å². The molecule has 1 aliphatic carbocycles. The summed E-state index contributed by atoms with van der Waals surface area (Å²) in [6, 6.07) is 3.32. The minimum atomic E-state index is -0.850. The molecule has 24 heavy (non-hydrogen) atoms. The van der Waals surface area contributed by atoms with E-state index < -0.39 is 35.1 Å². The predicted octanol–water partition coefficient (Wildman–Crippen LogP) is 0.840. The molecule has 2 aliphatic rings. The summed E-state index contributed by atoms with van der Waals surface area (Å²) in [7, 11) is 0. The van der Waals surface area contributed by atoms with Crippen molar-refractivity contribution in [3.05, 3.63) is 29.8 Å². The number of benzene rings is 1. The van der Waals surface area contributed by atoms with Gasteiger partial charge in [0.1, 0.15) is 17.3 Å². The highest BCUT2D eigenvalue weighted by Crippen LogP contribution is 2.41. The molecule has 6 nitrogen and oxygen atoms in total. The molecule has 2 fully saturated rings. The van der Waals surface area contributed by atoms with E-state index in [1.165, 1.54) is 6.07 Å². The van der Waals surface area contributed by atoms with E-state index in [9.17, 15) is 23.2 Å². The SMILES string of the molecule is O=CN1CCN(C(=O)C2CC2C(=O)Nc2c(F)cccc2F)CC1. The van der Waals surface area contributed by atoms with Crippen LogP contribution >= 0.6 is 0 Å². The van der Waals surface area contributed by atoms with Crippen LogP contribution in [0.5, 0.6) is 0 Å². The second kappa shape index (κ2) is 6.54. The van der Waals surface area contributed by atoms with Crippen LogP contribution in [0, 0.1) is 23.5 Å². The average Bonchev–Trinajstić information content (AvgIpc) is 3.38. The van der Waals surface area contributed by atoms with Crippen LogP contribution in [0.15, 0.2) is 18.2 Å². The molecule has 1 saturated heterocycles. The number of carbonyl (C=O) groups is 3. The zero-order valence-corrected chi connectivity index (χ0v) is 12.9. The number of hydrogen-bond acceptors (Lipinski definition) is 3. The van der Waals surface area contributed by atoms with Gasteiger partial charge in [0.05, 0.1) is 11.8 Å². The Morgan fingerprint density at radius 1 is 1.08 bits per heavy atom. The number of carbonyl (C=O) groups excluding carboxylic acids is 3. The molecule has 2 unspecified atom stereocenters. The number of rotatable bonds is 4. The van der Waals surface area contributed by atoms with Crippen LogP contribution in [0.1, 0.15) is 6.42 Å². The summed E-state index contributed by atoms with van der Waals surface area (Å²) in [5, 5.41) is 2.23. The number of anilines is 1. The topological polar surface area (TPSA) is 69.7 Å². The van der Waals surface area contributed by atoms with Crippen molar-refractivity contribution < 1.29 is 23.2 Å². The summed E-state index contributed by atoms with van der Waals surface area (Å²) < 4.78 is 27.1. The molecule has 128 valence electrons. The molecule has 1 N–H and O–H groups in total. The van der Waals surface area contributed by atoms with Crippen LogP contribution in [-0.2, 0) is 14.4 Å². The van der Waals surface area contributed by atoms with Crippen molar-refractivity contribution >= 4 is 23.9 Å². The Morgan fingerprint density at radius 2 is 1.71 bits per heavy atom. The molecule has 1 heterocycles. The summed E-state index contributed by atoms with van der Waals surface area (Å²) in [6.45, 7) is 1.81. The highest BCUT2D eigenvalue weighted by Gasteiger charge is 2.50. The van der Waals surface area contributed by atoms with E-state index >= 15 is 0 Å². The van der Waals surface area contributed by atoms with Gasteiger partial charge in [0, 0.05) is 26.2 Å². The molecule has 1 aromatic rings. The molecular formula is C16H17F2N3O3. The fourth-order valence-electron chi connectivity index (χ4n) is 2.87. The summed E-state index contributed by atoms with van der Waals surface area (Å²) in [5.74, 6) is -3.42. The molecule has 0 radical (unpaired) electrons. The fourth-order valence-corrected chi connectivity index (χ4v) is 2.87. The maximum Gasteiger partial charge on any atom is 0.228 e. The molecule has 3 rings (SSSR count). The van der Waals surface area contributed by atoms with Gasteiger partial charge >= 0.3 is 0 Å². The van der Waals surface area contributed by atoms with Gasteiger partial charge in [-0.1, -0.05) is 6.07 Å². The van der Waals surface area contributed by atoms with E-state index in [1.54, 1.807) is 9.80 Å². The Balaban J connectivity index is 1.56. The van der Waals surface area contributed by atoms with Crippen molar-refractivity contribution in [2.45, 2.75) is 6.42 Å². The van der Waals surface area contributed by atoms with Crippen molar-refractivity contribution in [1.29, 1.82) is 0 Å². The predicted molar refractivity (Wildman–Crippen MR) is 80.8 cm³/mol. The number of nitrogens with one attached hydrogen (secondary N) is 1. The zero-order valence-electron chi connectivity index (χ0n) is 12.9. The first kappa shape index (κ1) is 16.4. The lowest BCUT2D eigenvalue weighted by atomic mass is 10.2. The van der Waals surface area contributed by atoms with Crippen molar-refractivity contribution in [1.82, 2.24) is 9.80 Å². The van der Waals surface area contributed by atoms with Gasteiger partial charge in [0.2, 0.25) is 18.2 Å². The Bertz CT molecular complexity index is 654. The lowest BCUT2D eigenvalue weighted by Gasteiger charge is -2.32. The number of amides is 3. The molecule has 8 heteroatoms. The zero-order chi connectivity index (χ0) is 17.3. The molecule has 2 atom stereocenters. The number of halogens is 2. The quantitative estimate of drug-likeness (QED) is 0.828. The third-order valence-corrected chi connectivity index (χ3v) is 4.43. The minimum Gasteiger partial charge on any atom is -0.342 e. The summed E-state index contributed by atoms with van der Waals surface area (Å²) in [6.07, 6.45) is 1.12. The second-order valence-corrected chi connectivity index (χ2v) is 6.00. The molecule has 1 aliphatic heterocycles. The standard InChI is InChI=1S/C16H17F2N3O3/c17-12-2-1-3-13(18)14(12)19-15(23)10-8-11(10)16(24)21-6-4-20(9-22)5-7-21/h1-3,9-11H,4-8H2,(H,19,23). The van der Waals surface area contributed by atoms with Crippen LogP contribution in [0.3, 0.4) is 0 Å². The largest absolute Gasteiger partial charge is 0.342 e. The summed E-state index contributed by atoms with van der Waals surface area (Å²) in [4.78, 5) is 38.3. The van der Waals surface area contributed by atoms with Crippen molar-refractivity contribution in [3.63, 3.8) is 0 Å². The number of para-hydroxylation sites is 1. The van der Waals surface area contributed by atoms with Crippen LogP contribution in [0.4, 0.5) is 14.5 Å². The normalized spacial score (nSPS) is 22.9. The van der Waals surface area contributed by atoms with Crippen LogP contribution in [0.25, 0.3) is 0 Å². The summed E-state index contributed by atoms with van der Waals surface area (Å²) >= 11 is 0. The number of hydrogen-bond donors (Lipinski definition) is 1. The van der Waals surface area contributed by atoms with E-state index in [0.717, 1.165) is 18.5 Å². The van der Waals surface area contributed by atoms with Crippen LogP contribution in [-0.4, -0.2) is 54.2 Å². The Hall–Kier alpha value is -2.51.